The molecule has 0 amide bonds. The van der Waals surface area contributed by atoms with Crippen molar-refractivity contribution >= 4 is 28.9 Å². The molecule has 3 heterocycles. The zero-order chi connectivity index (χ0) is 27.2. The van der Waals surface area contributed by atoms with Gasteiger partial charge in [0.05, 0.1) is 10.9 Å². The summed E-state index contributed by atoms with van der Waals surface area (Å²) in [5.74, 6) is -2.28. The Morgan fingerprint density at radius 2 is 1.82 bits per heavy atom. The molecule has 0 radical (unpaired) electrons. The number of rotatable bonds is 5. The van der Waals surface area contributed by atoms with E-state index in [1.165, 1.54) is 16.4 Å². The summed E-state index contributed by atoms with van der Waals surface area (Å²) in [6.07, 6.45) is -0.726. The van der Waals surface area contributed by atoms with Crippen LogP contribution in [0.25, 0.3) is 22.3 Å². The fourth-order valence-electron chi connectivity index (χ4n) is 4.83. The van der Waals surface area contributed by atoms with Crippen molar-refractivity contribution in [1.29, 1.82) is 0 Å². The fourth-order valence-corrected chi connectivity index (χ4v) is 5.42. The highest BCUT2D eigenvalue weighted by Gasteiger charge is 2.37. The minimum atomic E-state index is -4.99. The van der Waals surface area contributed by atoms with E-state index in [0.717, 1.165) is 26.4 Å². The molecule has 38 heavy (non-hydrogen) atoms. The second-order valence-corrected chi connectivity index (χ2v) is 10.1. The van der Waals surface area contributed by atoms with E-state index < -0.39 is 34.5 Å². The molecular weight excluding hydrogens is 523 g/mol. The number of fused-ring (bicyclic) bond motifs is 1. The summed E-state index contributed by atoms with van der Waals surface area (Å²) in [4.78, 5) is 11.4. The molecule has 1 aliphatic rings. The smallest absolute Gasteiger partial charge is 0.335 e. The zero-order valence-electron chi connectivity index (χ0n) is 20.9. The van der Waals surface area contributed by atoms with Gasteiger partial charge in [0.25, 0.3) is 0 Å². The van der Waals surface area contributed by atoms with Crippen LogP contribution < -0.4 is 4.90 Å². The Morgan fingerprint density at radius 1 is 1.08 bits per heavy atom. The summed E-state index contributed by atoms with van der Waals surface area (Å²) >= 11 is 1.68. The van der Waals surface area contributed by atoms with Gasteiger partial charge in [-0.05, 0) is 31.2 Å². The van der Waals surface area contributed by atoms with Crippen LogP contribution in [0.4, 0.5) is 27.9 Å². The highest BCUT2D eigenvalue weighted by atomic mass is 32.2. The van der Waals surface area contributed by atoms with E-state index in [1.807, 2.05) is 24.5 Å². The molecule has 6 nitrogen and oxygen atoms in total. The monoisotopic (exact) mass is 548 g/mol. The molecule has 5 rings (SSSR count). The number of anilines is 1. The maximum atomic E-state index is 15.0. The van der Waals surface area contributed by atoms with Gasteiger partial charge in [-0.1, -0.05) is 42.3 Å². The third kappa shape index (κ3) is 4.82. The molecular formula is C26H25F5N6S. The van der Waals surface area contributed by atoms with Crippen LogP contribution in [0.1, 0.15) is 16.7 Å². The molecule has 1 unspecified atom stereocenters. The average Bonchev–Trinajstić information content (AvgIpc) is 3.22. The van der Waals surface area contributed by atoms with Gasteiger partial charge in [-0.15, -0.1) is 0 Å². The van der Waals surface area contributed by atoms with Crippen molar-refractivity contribution in [3.05, 3.63) is 70.9 Å². The number of aromatic nitrogens is 4. The minimum absolute atomic E-state index is 0.0758. The molecule has 2 aromatic heterocycles. The van der Waals surface area contributed by atoms with Gasteiger partial charge in [-0.25, -0.2) is 22.8 Å². The number of hydrogen-bond donors (Lipinski definition) is 0. The molecule has 0 N–H and O–H groups in total. The summed E-state index contributed by atoms with van der Waals surface area (Å²) in [7, 11) is 1.58. The lowest BCUT2D eigenvalue weighted by molar-refractivity contribution is -0.140. The largest absolute Gasteiger partial charge is 0.419 e. The molecule has 200 valence electrons. The molecule has 1 atom stereocenters. The first-order valence-corrected chi connectivity index (χ1v) is 13.1. The van der Waals surface area contributed by atoms with E-state index in [0.29, 0.717) is 24.2 Å². The van der Waals surface area contributed by atoms with E-state index in [1.54, 1.807) is 19.0 Å². The topological polar surface area (TPSA) is 50.1 Å². The maximum Gasteiger partial charge on any atom is 0.419 e. The molecule has 0 bridgehead atoms. The first kappa shape index (κ1) is 26.4. The molecule has 0 saturated carbocycles. The van der Waals surface area contributed by atoms with Gasteiger partial charge in [0.2, 0.25) is 5.95 Å². The van der Waals surface area contributed by atoms with Crippen LogP contribution in [0, 0.1) is 18.6 Å². The van der Waals surface area contributed by atoms with E-state index in [-0.39, 0.29) is 17.1 Å². The number of piperazine rings is 1. The van der Waals surface area contributed by atoms with Crippen LogP contribution in [0.15, 0.2) is 42.6 Å². The van der Waals surface area contributed by atoms with Gasteiger partial charge in [-0.2, -0.15) is 23.3 Å². The van der Waals surface area contributed by atoms with Crippen LogP contribution in [0.3, 0.4) is 0 Å². The molecule has 4 aromatic rings. The van der Waals surface area contributed by atoms with Crippen molar-refractivity contribution < 1.29 is 22.0 Å². The molecule has 0 aliphatic carbocycles. The number of nitrogens with zero attached hydrogens (tertiary/aromatic N) is 6. The number of hydrogen-bond acceptors (Lipinski definition) is 6. The van der Waals surface area contributed by atoms with Crippen LogP contribution in [0.2, 0.25) is 0 Å². The highest BCUT2D eigenvalue weighted by Crippen LogP contribution is 2.39. The first-order chi connectivity index (χ1) is 18.1. The Morgan fingerprint density at radius 3 is 2.50 bits per heavy atom. The van der Waals surface area contributed by atoms with Gasteiger partial charge < -0.3 is 4.90 Å². The number of benzene rings is 2. The second kappa shape index (κ2) is 10.1. The molecule has 12 heteroatoms. The van der Waals surface area contributed by atoms with Crippen molar-refractivity contribution in [2.24, 2.45) is 7.05 Å². The van der Waals surface area contributed by atoms with Crippen molar-refractivity contribution in [1.82, 2.24) is 24.1 Å². The minimum Gasteiger partial charge on any atom is -0.335 e. The van der Waals surface area contributed by atoms with E-state index in [2.05, 4.69) is 31.4 Å². The lowest BCUT2D eigenvalue weighted by Gasteiger charge is -2.40. The van der Waals surface area contributed by atoms with Gasteiger partial charge >= 0.3 is 6.18 Å². The highest BCUT2D eigenvalue weighted by molar-refractivity contribution is 7.96. The zero-order valence-corrected chi connectivity index (χ0v) is 21.7. The second-order valence-electron chi connectivity index (χ2n) is 9.21. The average molecular weight is 549 g/mol. The van der Waals surface area contributed by atoms with Crippen molar-refractivity contribution in [3.63, 3.8) is 0 Å². The summed E-state index contributed by atoms with van der Waals surface area (Å²) in [6, 6.07) is 10.6. The first-order valence-electron chi connectivity index (χ1n) is 11.9. The lowest BCUT2D eigenvalue weighted by Crippen LogP contribution is -2.52. The predicted octanol–water partition coefficient (Wildman–Crippen LogP) is 5.65. The van der Waals surface area contributed by atoms with Crippen molar-refractivity contribution in [3.8, 4) is 11.3 Å². The van der Waals surface area contributed by atoms with Gasteiger partial charge in [0, 0.05) is 50.0 Å². The van der Waals surface area contributed by atoms with E-state index >= 15 is 4.39 Å². The Bertz CT molecular complexity index is 1470. The Labute approximate surface area is 220 Å². The maximum absolute atomic E-state index is 15.0. The summed E-state index contributed by atoms with van der Waals surface area (Å²) < 4.78 is 73.3. The Hall–Kier alpha value is -3.25. The molecule has 2 aromatic carbocycles. The normalized spacial score (nSPS) is 16.9. The predicted molar refractivity (Wildman–Crippen MR) is 138 cm³/mol. The SMILES string of the molecule is CSN1CCN(c2ncc3c(-c4cc(C(F)(F)F)c(F)c(C)c4F)nn(C)c3n2)C(Cc2ccccc2)C1. The van der Waals surface area contributed by atoms with Crippen LogP contribution in [0.5, 0.6) is 0 Å². The fraction of sp³-hybridized carbons (Fsp3) is 0.346. The van der Waals surface area contributed by atoms with Crippen molar-refractivity contribution in [2.75, 3.05) is 30.8 Å². The van der Waals surface area contributed by atoms with Gasteiger partial charge in [0.15, 0.2) is 5.65 Å². The van der Waals surface area contributed by atoms with Gasteiger partial charge in [-0.3, -0.25) is 0 Å². The van der Waals surface area contributed by atoms with E-state index in [9.17, 15) is 17.6 Å². The quantitative estimate of drug-likeness (QED) is 0.238. The summed E-state index contributed by atoms with van der Waals surface area (Å²) in [5.41, 5.74) is -1.27. The molecule has 1 aliphatic heterocycles. The van der Waals surface area contributed by atoms with Crippen molar-refractivity contribution in [2.45, 2.75) is 25.6 Å². The van der Waals surface area contributed by atoms with Crippen LogP contribution in [-0.2, 0) is 19.6 Å². The number of aryl methyl sites for hydroxylation is 1. The summed E-state index contributed by atoms with van der Waals surface area (Å²) in [6.45, 7) is 3.23. The standard InChI is InChI=1S/C26H25F5N6S/c1-15-21(27)18(12-20(22(15)28)26(29,30)31)23-19-13-32-25(33-24(19)35(2)34-23)37-10-9-36(38-3)14-17(37)11-16-7-5-4-6-8-16/h4-8,12-13,17H,9-11,14H2,1-3H3. The molecule has 0 spiro atoms. The van der Waals surface area contributed by atoms with Crippen LogP contribution >= 0.6 is 11.9 Å². The third-order valence-corrected chi connectivity index (χ3v) is 7.67. The lowest BCUT2D eigenvalue weighted by atomic mass is 10.0. The Balaban J connectivity index is 1.56. The molecule has 1 fully saturated rings. The van der Waals surface area contributed by atoms with Crippen LogP contribution in [-0.4, -0.2) is 56.0 Å². The summed E-state index contributed by atoms with van der Waals surface area (Å²) in [5, 5.41) is 4.54. The number of halogens is 5. The van der Waals surface area contributed by atoms with E-state index in [4.69, 9.17) is 4.98 Å². The molecule has 1 saturated heterocycles. The number of alkyl halides is 3. The Kier molecular flexibility index (Phi) is 7.03. The third-order valence-electron chi connectivity index (χ3n) is 6.82. The van der Waals surface area contributed by atoms with Gasteiger partial charge in [0.1, 0.15) is 17.3 Å².